The van der Waals surface area contributed by atoms with Crippen LogP contribution in [0.3, 0.4) is 0 Å². The number of carbonyl (C=O) groups is 2. The molecule has 1 aromatic heterocycles. The summed E-state index contributed by atoms with van der Waals surface area (Å²) >= 11 is 6.10. The Kier molecular flexibility index (Phi) is 6.18. The Morgan fingerprint density at radius 3 is 2.39 bits per heavy atom. The maximum Gasteiger partial charge on any atom is 0.340 e. The molecule has 0 unspecified atom stereocenters. The summed E-state index contributed by atoms with van der Waals surface area (Å²) < 4.78 is 5.00. The Bertz CT molecular complexity index is 993. The molecule has 2 aromatic carbocycles. The van der Waals surface area contributed by atoms with E-state index in [2.05, 4.69) is 20.6 Å². The summed E-state index contributed by atoms with van der Waals surface area (Å²) in [5.41, 5.74) is 1.39. The summed E-state index contributed by atoms with van der Waals surface area (Å²) in [7, 11) is 0. The van der Waals surface area contributed by atoms with Gasteiger partial charge < -0.3 is 15.4 Å². The molecular formula is C20H17ClN4O3. The van der Waals surface area contributed by atoms with Crippen LogP contribution in [-0.2, 0) is 4.74 Å². The average Bonchev–Trinajstić information content (AvgIpc) is 2.71. The van der Waals surface area contributed by atoms with Crippen molar-refractivity contribution in [1.82, 2.24) is 9.97 Å². The quantitative estimate of drug-likeness (QED) is 0.603. The van der Waals surface area contributed by atoms with Crippen molar-refractivity contribution in [3.63, 3.8) is 0 Å². The first-order valence-electron chi connectivity index (χ1n) is 8.49. The largest absolute Gasteiger partial charge is 0.462 e. The van der Waals surface area contributed by atoms with E-state index in [-0.39, 0.29) is 17.9 Å². The second-order valence-corrected chi connectivity index (χ2v) is 6.02. The van der Waals surface area contributed by atoms with Gasteiger partial charge in [-0.15, -0.1) is 0 Å². The number of amides is 1. The highest BCUT2D eigenvalue weighted by Crippen LogP contribution is 2.23. The molecule has 0 spiro atoms. The van der Waals surface area contributed by atoms with Crippen LogP contribution in [0, 0.1) is 0 Å². The number of rotatable bonds is 6. The van der Waals surface area contributed by atoms with E-state index in [1.54, 1.807) is 43.3 Å². The van der Waals surface area contributed by atoms with Gasteiger partial charge in [0, 0.05) is 0 Å². The molecule has 7 nitrogen and oxygen atoms in total. The normalized spacial score (nSPS) is 10.2. The molecule has 1 amide bonds. The molecule has 142 valence electrons. The summed E-state index contributed by atoms with van der Waals surface area (Å²) in [5, 5.41) is 6.23. The fourth-order valence-electron chi connectivity index (χ4n) is 2.38. The second kappa shape index (κ2) is 8.96. The van der Waals surface area contributed by atoms with E-state index >= 15 is 0 Å². The Labute approximate surface area is 166 Å². The van der Waals surface area contributed by atoms with Gasteiger partial charge in [-0.25, -0.2) is 14.8 Å². The highest BCUT2D eigenvalue weighted by atomic mass is 35.5. The van der Waals surface area contributed by atoms with Gasteiger partial charge in [0.15, 0.2) is 0 Å². The van der Waals surface area contributed by atoms with Crippen molar-refractivity contribution < 1.29 is 14.3 Å². The van der Waals surface area contributed by atoms with Crippen molar-refractivity contribution >= 4 is 40.7 Å². The van der Waals surface area contributed by atoms with Gasteiger partial charge in [0.2, 0.25) is 0 Å². The molecule has 0 aliphatic heterocycles. The molecule has 2 N–H and O–H groups in total. The lowest BCUT2D eigenvalue weighted by Gasteiger charge is -2.10. The third kappa shape index (κ3) is 4.63. The molecule has 0 atom stereocenters. The summed E-state index contributed by atoms with van der Waals surface area (Å²) in [4.78, 5) is 32.8. The van der Waals surface area contributed by atoms with Gasteiger partial charge in [-0.1, -0.05) is 35.9 Å². The van der Waals surface area contributed by atoms with Crippen LogP contribution in [0.4, 0.5) is 17.2 Å². The van der Waals surface area contributed by atoms with Gasteiger partial charge in [0.25, 0.3) is 5.91 Å². The molecule has 3 aromatic rings. The number of hydrogen-bond acceptors (Lipinski definition) is 6. The average molecular weight is 397 g/mol. The SMILES string of the molecule is CCOC(=O)c1ccccc1NC(=O)c1cnc(Nc2ccccc2Cl)cn1. The molecule has 0 saturated heterocycles. The van der Waals surface area contributed by atoms with Gasteiger partial charge in [-0.2, -0.15) is 0 Å². The zero-order chi connectivity index (χ0) is 19.9. The first kappa shape index (κ1) is 19.3. The Morgan fingerprint density at radius 1 is 1.00 bits per heavy atom. The molecule has 28 heavy (non-hydrogen) atoms. The first-order valence-corrected chi connectivity index (χ1v) is 8.87. The number of anilines is 3. The Morgan fingerprint density at radius 2 is 1.71 bits per heavy atom. The van der Waals surface area contributed by atoms with E-state index in [4.69, 9.17) is 16.3 Å². The lowest BCUT2D eigenvalue weighted by molar-refractivity contribution is 0.0527. The van der Waals surface area contributed by atoms with Crippen LogP contribution in [0.1, 0.15) is 27.8 Å². The van der Waals surface area contributed by atoms with E-state index < -0.39 is 11.9 Å². The van der Waals surface area contributed by atoms with Gasteiger partial charge in [0.1, 0.15) is 11.5 Å². The predicted molar refractivity (Wildman–Crippen MR) is 107 cm³/mol. The number of nitrogens with zero attached hydrogens (tertiary/aromatic N) is 2. The number of hydrogen-bond donors (Lipinski definition) is 2. The second-order valence-electron chi connectivity index (χ2n) is 5.61. The van der Waals surface area contributed by atoms with E-state index in [1.165, 1.54) is 12.4 Å². The van der Waals surface area contributed by atoms with Crippen LogP contribution >= 0.6 is 11.6 Å². The fraction of sp³-hybridized carbons (Fsp3) is 0.100. The van der Waals surface area contributed by atoms with Crippen molar-refractivity contribution in [3.05, 3.63) is 77.2 Å². The minimum atomic E-state index is -0.510. The fourth-order valence-corrected chi connectivity index (χ4v) is 2.56. The maximum atomic E-state index is 12.5. The number of carbonyl (C=O) groups excluding carboxylic acids is 2. The third-order valence-electron chi connectivity index (χ3n) is 3.69. The maximum absolute atomic E-state index is 12.5. The Hall–Kier alpha value is -3.45. The minimum absolute atomic E-state index is 0.100. The van der Waals surface area contributed by atoms with Crippen molar-refractivity contribution in [2.75, 3.05) is 17.2 Å². The molecule has 0 aliphatic rings. The monoisotopic (exact) mass is 396 g/mol. The number of aromatic nitrogens is 2. The standard InChI is InChI=1S/C20H17ClN4O3/c1-2-28-20(27)13-7-3-5-9-15(13)25-19(26)17-11-23-18(12-22-17)24-16-10-6-4-8-14(16)21/h3-12H,2H2,1H3,(H,23,24)(H,25,26). The molecule has 8 heteroatoms. The van der Waals surface area contributed by atoms with E-state index in [0.29, 0.717) is 22.2 Å². The number of halogens is 1. The predicted octanol–water partition coefficient (Wildman–Crippen LogP) is 4.30. The van der Waals surface area contributed by atoms with Crippen LogP contribution in [0.15, 0.2) is 60.9 Å². The van der Waals surface area contributed by atoms with Gasteiger partial charge >= 0.3 is 5.97 Å². The molecule has 0 fully saturated rings. The number of nitrogens with one attached hydrogen (secondary N) is 2. The van der Waals surface area contributed by atoms with Crippen molar-refractivity contribution in [2.45, 2.75) is 6.92 Å². The van der Waals surface area contributed by atoms with Crippen molar-refractivity contribution in [3.8, 4) is 0 Å². The minimum Gasteiger partial charge on any atom is -0.462 e. The molecule has 0 saturated carbocycles. The highest BCUT2D eigenvalue weighted by molar-refractivity contribution is 6.33. The summed E-state index contributed by atoms with van der Waals surface area (Å²) in [6, 6.07) is 13.8. The van der Waals surface area contributed by atoms with Crippen LogP contribution in [0.25, 0.3) is 0 Å². The summed E-state index contributed by atoms with van der Waals surface area (Å²) in [5.74, 6) is -0.561. The van der Waals surface area contributed by atoms with E-state index in [1.807, 2.05) is 12.1 Å². The zero-order valence-corrected chi connectivity index (χ0v) is 15.7. The van der Waals surface area contributed by atoms with E-state index in [9.17, 15) is 9.59 Å². The topological polar surface area (TPSA) is 93.2 Å². The van der Waals surface area contributed by atoms with Crippen LogP contribution in [0.5, 0.6) is 0 Å². The van der Waals surface area contributed by atoms with Crippen molar-refractivity contribution in [1.29, 1.82) is 0 Å². The zero-order valence-electron chi connectivity index (χ0n) is 15.0. The molecule has 0 radical (unpaired) electrons. The molecule has 0 aliphatic carbocycles. The van der Waals surface area contributed by atoms with Gasteiger partial charge in [0.05, 0.1) is 41.0 Å². The lowest BCUT2D eigenvalue weighted by atomic mass is 10.1. The summed E-state index contributed by atoms with van der Waals surface area (Å²) in [6.07, 6.45) is 2.76. The third-order valence-corrected chi connectivity index (χ3v) is 4.02. The molecule has 0 bridgehead atoms. The van der Waals surface area contributed by atoms with Crippen LogP contribution in [-0.4, -0.2) is 28.5 Å². The van der Waals surface area contributed by atoms with Gasteiger partial charge in [-0.05, 0) is 31.2 Å². The first-order chi connectivity index (χ1) is 13.6. The highest BCUT2D eigenvalue weighted by Gasteiger charge is 2.16. The molecular weight excluding hydrogens is 380 g/mol. The van der Waals surface area contributed by atoms with E-state index in [0.717, 1.165) is 0 Å². The number of esters is 1. The number of ether oxygens (including phenoxy) is 1. The smallest absolute Gasteiger partial charge is 0.340 e. The van der Waals surface area contributed by atoms with Gasteiger partial charge in [-0.3, -0.25) is 4.79 Å². The number of benzene rings is 2. The van der Waals surface area contributed by atoms with Crippen LogP contribution in [0.2, 0.25) is 5.02 Å². The summed E-state index contributed by atoms with van der Waals surface area (Å²) in [6.45, 7) is 1.96. The van der Waals surface area contributed by atoms with Crippen LogP contribution < -0.4 is 10.6 Å². The lowest BCUT2D eigenvalue weighted by Crippen LogP contribution is -2.17. The van der Waals surface area contributed by atoms with Crippen molar-refractivity contribution in [2.24, 2.45) is 0 Å². The Balaban J connectivity index is 1.72. The molecule has 3 rings (SSSR count). The molecule has 1 heterocycles. The number of para-hydroxylation sites is 2.